The first-order chi connectivity index (χ1) is 7.66. The van der Waals surface area contributed by atoms with Crippen molar-refractivity contribution in [2.75, 3.05) is 13.1 Å². The Morgan fingerprint density at radius 1 is 1.44 bits per heavy atom. The summed E-state index contributed by atoms with van der Waals surface area (Å²) >= 11 is 0. The summed E-state index contributed by atoms with van der Waals surface area (Å²) in [6.45, 7) is 4.52. The number of primary amides is 1. The maximum Gasteiger partial charge on any atom is 0.218 e. The third-order valence-electron chi connectivity index (χ3n) is 3.86. The minimum Gasteiger partial charge on any atom is -0.370 e. The van der Waals surface area contributed by atoms with Gasteiger partial charge in [-0.3, -0.25) is 9.69 Å². The molecule has 2 saturated heterocycles. The van der Waals surface area contributed by atoms with Crippen LogP contribution in [-0.4, -0.2) is 42.0 Å². The number of amides is 1. The molecular weight excluding hydrogens is 202 g/mol. The van der Waals surface area contributed by atoms with Crippen molar-refractivity contribution < 1.29 is 4.79 Å². The summed E-state index contributed by atoms with van der Waals surface area (Å²) in [7, 11) is 0. The van der Waals surface area contributed by atoms with Gasteiger partial charge in [-0.25, -0.2) is 0 Å². The van der Waals surface area contributed by atoms with Crippen molar-refractivity contribution >= 4 is 5.91 Å². The Hall–Kier alpha value is -0.610. The van der Waals surface area contributed by atoms with Crippen LogP contribution >= 0.6 is 0 Å². The Kier molecular flexibility index (Phi) is 3.82. The second-order valence-electron chi connectivity index (χ2n) is 5.23. The van der Waals surface area contributed by atoms with Crippen molar-refractivity contribution in [2.24, 2.45) is 5.73 Å². The summed E-state index contributed by atoms with van der Waals surface area (Å²) in [4.78, 5) is 13.4. The van der Waals surface area contributed by atoms with Gasteiger partial charge in [0.2, 0.25) is 5.91 Å². The Morgan fingerprint density at radius 3 is 3.00 bits per heavy atom. The Bertz CT molecular complexity index is 257. The second kappa shape index (κ2) is 5.15. The second-order valence-corrected chi connectivity index (χ2v) is 5.23. The quantitative estimate of drug-likeness (QED) is 0.731. The maximum atomic E-state index is 10.8. The van der Waals surface area contributed by atoms with Crippen LogP contribution in [0.25, 0.3) is 0 Å². The van der Waals surface area contributed by atoms with Crippen LogP contribution in [0.2, 0.25) is 0 Å². The molecule has 2 aliphatic rings. The molecule has 3 atom stereocenters. The van der Waals surface area contributed by atoms with Gasteiger partial charge in [0.25, 0.3) is 0 Å². The topological polar surface area (TPSA) is 58.4 Å². The zero-order valence-electron chi connectivity index (χ0n) is 10.1. The van der Waals surface area contributed by atoms with E-state index in [1.807, 2.05) is 0 Å². The highest BCUT2D eigenvalue weighted by atomic mass is 16.1. The van der Waals surface area contributed by atoms with E-state index in [0.29, 0.717) is 18.5 Å². The number of piperidine rings is 1. The van der Waals surface area contributed by atoms with E-state index < -0.39 is 0 Å². The maximum absolute atomic E-state index is 10.8. The molecule has 3 N–H and O–H groups in total. The standard InChI is InChI=1S/C12H23N3O/c1-9(8-12(13)16)14-10-5-7-15-6-3-2-4-11(10)15/h9-11,14H,2-8H2,1H3,(H2,13,16). The molecule has 2 aliphatic heterocycles. The van der Waals surface area contributed by atoms with E-state index in [2.05, 4.69) is 17.1 Å². The zero-order chi connectivity index (χ0) is 11.5. The summed E-state index contributed by atoms with van der Waals surface area (Å²) < 4.78 is 0. The Balaban J connectivity index is 1.83. The van der Waals surface area contributed by atoms with E-state index >= 15 is 0 Å². The normalized spacial score (nSPS) is 32.3. The smallest absolute Gasteiger partial charge is 0.218 e. The molecule has 0 aliphatic carbocycles. The highest BCUT2D eigenvalue weighted by molar-refractivity contribution is 5.74. The number of nitrogens with zero attached hydrogens (tertiary/aromatic N) is 1. The van der Waals surface area contributed by atoms with E-state index in [1.165, 1.54) is 38.8 Å². The number of carbonyl (C=O) groups excluding carboxylic acids is 1. The van der Waals surface area contributed by atoms with E-state index in [0.717, 1.165) is 0 Å². The molecule has 0 aromatic carbocycles. The van der Waals surface area contributed by atoms with Crippen LogP contribution in [-0.2, 0) is 4.79 Å². The summed E-state index contributed by atoms with van der Waals surface area (Å²) in [5, 5.41) is 3.57. The van der Waals surface area contributed by atoms with Crippen LogP contribution in [0.5, 0.6) is 0 Å². The van der Waals surface area contributed by atoms with Crippen molar-refractivity contribution in [3.05, 3.63) is 0 Å². The molecular formula is C12H23N3O. The molecule has 2 rings (SSSR count). The number of carbonyl (C=O) groups is 1. The van der Waals surface area contributed by atoms with Crippen molar-refractivity contribution in [1.82, 2.24) is 10.2 Å². The number of rotatable bonds is 4. The number of fused-ring (bicyclic) bond motifs is 1. The fraction of sp³-hybridized carbons (Fsp3) is 0.917. The lowest BCUT2D eigenvalue weighted by atomic mass is 9.98. The molecule has 0 saturated carbocycles. The molecule has 4 heteroatoms. The van der Waals surface area contributed by atoms with Crippen LogP contribution in [0.15, 0.2) is 0 Å². The first-order valence-electron chi connectivity index (χ1n) is 6.45. The Morgan fingerprint density at radius 2 is 2.25 bits per heavy atom. The summed E-state index contributed by atoms with van der Waals surface area (Å²) in [6, 6.07) is 1.48. The van der Waals surface area contributed by atoms with Crippen LogP contribution in [0.4, 0.5) is 0 Å². The summed E-state index contributed by atoms with van der Waals surface area (Å²) in [6.07, 6.45) is 5.67. The predicted octanol–water partition coefficient (Wildman–Crippen LogP) is 0.467. The van der Waals surface area contributed by atoms with Gasteiger partial charge in [0.15, 0.2) is 0 Å². The zero-order valence-corrected chi connectivity index (χ0v) is 10.1. The highest BCUT2D eigenvalue weighted by Crippen LogP contribution is 2.27. The van der Waals surface area contributed by atoms with Crippen molar-refractivity contribution in [3.63, 3.8) is 0 Å². The molecule has 0 bridgehead atoms. The van der Waals surface area contributed by atoms with Crippen LogP contribution in [0.1, 0.15) is 39.0 Å². The van der Waals surface area contributed by atoms with E-state index in [1.54, 1.807) is 0 Å². The van der Waals surface area contributed by atoms with Crippen molar-refractivity contribution in [1.29, 1.82) is 0 Å². The van der Waals surface area contributed by atoms with Gasteiger partial charge in [-0.15, -0.1) is 0 Å². The van der Waals surface area contributed by atoms with Gasteiger partial charge in [-0.2, -0.15) is 0 Å². The third-order valence-corrected chi connectivity index (χ3v) is 3.86. The molecule has 16 heavy (non-hydrogen) atoms. The van der Waals surface area contributed by atoms with Gasteiger partial charge in [0.1, 0.15) is 0 Å². The van der Waals surface area contributed by atoms with Gasteiger partial charge < -0.3 is 11.1 Å². The number of hydrogen-bond acceptors (Lipinski definition) is 3. The van der Waals surface area contributed by atoms with Crippen LogP contribution in [0.3, 0.4) is 0 Å². The molecule has 3 unspecified atom stereocenters. The largest absolute Gasteiger partial charge is 0.370 e. The monoisotopic (exact) mass is 225 g/mol. The molecule has 2 fully saturated rings. The molecule has 0 aromatic heterocycles. The third kappa shape index (κ3) is 2.74. The molecule has 92 valence electrons. The van der Waals surface area contributed by atoms with Gasteiger partial charge in [-0.1, -0.05) is 6.42 Å². The lowest BCUT2D eigenvalue weighted by Crippen LogP contribution is -2.48. The molecule has 1 amide bonds. The Labute approximate surface area is 97.6 Å². The minimum absolute atomic E-state index is 0.210. The molecule has 0 radical (unpaired) electrons. The summed E-state index contributed by atoms with van der Waals surface area (Å²) in [5.41, 5.74) is 5.21. The highest BCUT2D eigenvalue weighted by Gasteiger charge is 2.35. The average Bonchev–Trinajstić information content (AvgIpc) is 2.61. The van der Waals surface area contributed by atoms with Gasteiger partial charge in [-0.05, 0) is 32.7 Å². The molecule has 0 aromatic rings. The lowest BCUT2D eigenvalue weighted by molar-refractivity contribution is -0.118. The first kappa shape index (κ1) is 11.9. The van der Waals surface area contributed by atoms with E-state index in [9.17, 15) is 4.79 Å². The lowest BCUT2D eigenvalue weighted by Gasteiger charge is -2.33. The number of hydrogen-bond donors (Lipinski definition) is 2. The number of nitrogens with one attached hydrogen (secondary N) is 1. The SMILES string of the molecule is CC(CC(N)=O)NC1CCN2CCCCC12. The van der Waals surface area contributed by atoms with Crippen molar-refractivity contribution in [3.8, 4) is 0 Å². The van der Waals surface area contributed by atoms with E-state index in [-0.39, 0.29) is 11.9 Å². The fourth-order valence-electron chi connectivity index (χ4n) is 3.17. The minimum atomic E-state index is -0.210. The first-order valence-corrected chi connectivity index (χ1v) is 6.45. The number of nitrogens with two attached hydrogens (primary N) is 1. The van der Waals surface area contributed by atoms with Gasteiger partial charge in [0, 0.05) is 31.1 Å². The van der Waals surface area contributed by atoms with Gasteiger partial charge in [0.05, 0.1) is 0 Å². The van der Waals surface area contributed by atoms with Crippen molar-refractivity contribution in [2.45, 2.75) is 57.2 Å². The van der Waals surface area contributed by atoms with Crippen LogP contribution < -0.4 is 11.1 Å². The van der Waals surface area contributed by atoms with E-state index in [4.69, 9.17) is 5.73 Å². The average molecular weight is 225 g/mol. The molecule has 2 heterocycles. The molecule has 0 spiro atoms. The predicted molar refractivity (Wildman–Crippen MR) is 64.0 cm³/mol. The molecule has 4 nitrogen and oxygen atoms in total. The van der Waals surface area contributed by atoms with Gasteiger partial charge >= 0.3 is 0 Å². The fourth-order valence-corrected chi connectivity index (χ4v) is 3.17. The van der Waals surface area contributed by atoms with Crippen LogP contribution in [0, 0.1) is 0 Å². The summed E-state index contributed by atoms with van der Waals surface area (Å²) in [5.74, 6) is -0.210.